The topological polar surface area (TPSA) is 90.9 Å². The first-order valence-corrected chi connectivity index (χ1v) is 6.62. The number of nitrogens with one attached hydrogen (secondary N) is 2. The standard InChI is InChI=1S/C15H16N4O2/c20-10-2-1-3-12-4-5-13(19-11-12)15(21)18-7-6-14-16-8-9-17-14/h4-5,8-9,11,20H,2,6-7,10H2,(H,16,17)(H,18,21). The number of aromatic nitrogens is 3. The van der Waals surface area contributed by atoms with Crippen LogP contribution in [-0.4, -0.2) is 39.1 Å². The molecule has 0 spiro atoms. The summed E-state index contributed by atoms with van der Waals surface area (Å²) in [4.78, 5) is 23.0. The van der Waals surface area contributed by atoms with Crippen molar-refractivity contribution < 1.29 is 9.90 Å². The van der Waals surface area contributed by atoms with E-state index in [0.29, 0.717) is 25.1 Å². The van der Waals surface area contributed by atoms with E-state index in [9.17, 15) is 4.79 Å². The van der Waals surface area contributed by atoms with Crippen molar-refractivity contribution in [2.45, 2.75) is 12.8 Å². The van der Waals surface area contributed by atoms with Gasteiger partial charge in [-0.25, -0.2) is 9.97 Å². The van der Waals surface area contributed by atoms with Crippen molar-refractivity contribution >= 4 is 5.91 Å². The summed E-state index contributed by atoms with van der Waals surface area (Å²) in [6.45, 7) is 0.530. The van der Waals surface area contributed by atoms with Crippen molar-refractivity contribution in [3.63, 3.8) is 0 Å². The molecule has 0 aromatic carbocycles. The van der Waals surface area contributed by atoms with E-state index in [1.807, 2.05) is 0 Å². The predicted molar refractivity (Wildman–Crippen MR) is 77.4 cm³/mol. The molecule has 108 valence electrons. The molecule has 3 N–H and O–H groups in total. The molecule has 2 aromatic heterocycles. The lowest BCUT2D eigenvalue weighted by Crippen LogP contribution is -2.26. The van der Waals surface area contributed by atoms with Crippen molar-refractivity contribution in [1.29, 1.82) is 0 Å². The summed E-state index contributed by atoms with van der Waals surface area (Å²) in [5.41, 5.74) is 1.07. The Morgan fingerprint density at radius 2 is 2.29 bits per heavy atom. The molecule has 1 amide bonds. The third-order valence-corrected chi connectivity index (χ3v) is 2.67. The number of carbonyl (C=O) groups is 1. The number of carbonyl (C=O) groups excluding carboxylic acids is 1. The van der Waals surface area contributed by atoms with Gasteiger partial charge in [-0.15, -0.1) is 0 Å². The lowest BCUT2D eigenvalue weighted by Gasteiger charge is -2.03. The van der Waals surface area contributed by atoms with Crippen LogP contribution in [0.1, 0.15) is 28.3 Å². The van der Waals surface area contributed by atoms with E-state index in [2.05, 4.69) is 32.1 Å². The van der Waals surface area contributed by atoms with E-state index >= 15 is 0 Å². The molecule has 21 heavy (non-hydrogen) atoms. The summed E-state index contributed by atoms with van der Waals surface area (Å²) in [5, 5.41) is 11.4. The quantitative estimate of drug-likeness (QED) is 0.698. The summed E-state index contributed by atoms with van der Waals surface area (Å²) in [6, 6.07) is 3.37. The summed E-state index contributed by atoms with van der Waals surface area (Å²) < 4.78 is 0. The van der Waals surface area contributed by atoms with E-state index in [0.717, 1.165) is 11.4 Å². The maximum absolute atomic E-state index is 11.9. The van der Waals surface area contributed by atoms with Crippen LogP contribution in [0.4, 0.5) is 0 Å². The number of nitrogens with zero attached hydrogens (tertiary/aromatic N) is 2. The monoisotopic (exact) mass is 284 g/mol. The molecule has 0 saturated heterocycles. The molecule has 0 fully saturated rings. The molecular formula is C15H16N4O2. The average molecular weight is 284 g/mol. The average Bonchev–Trinajstić information content (AvgIpc) is 3.01. The fourth-order valence-electron chi connectivity index (χ4n) is 1.64. The fourth-order valence-corrected chi connectivity index (χ4v) is 1.64. The Morgan fingerprint density at radius 3 is 2.95 bits per heavy atom. The van der Waals surface area contributed by atoms with Gasteiger partial charge in [0.15, 0.2) is 0 Å². The SMILES string of the molecule is O=C(NCCc1ncc[nH]1)c1ccc(C#CCCO)cn1. The molecule has 0 aliphatic heterocycles. The summed E-state index contributed by atoms with van der Waals surface area (Å²) in [5.74, 6) is 6.26. The van der Waals surface area contributed by atoms with Crippen LogP contribution in [0.3, 0.4) is 0 Å². The lowest BCUT2D eigenvalue weighted by atomic mass is 10.2. The van der Waals surface area contributed by atoms with Gasteiger partial charge >= 0.3 is 0 Å². The van der Waals surface area contributed by atoms with Gasteiger partial charge in [0.05, 0.1) is 6.61 Å². The number of rotatable bonds is 5. The first-order chi connectivity index (χ1) is 10.3. The van der Waals surface area contributed by atoms with Crippen LogP contribution in [0.2, 0.25) is 0 Å². The molecule has 0 saturated carbocycles. The highest BCUT2D eigenvalue weighted by Crippen LogP contribution is 1.99. The summed E-state index contributed by atoms with van der Waals surface area (Å²) >= 11 is 0. The van der Waals surface area contributed by atoms with E-state index < -0.39 is 0 Å². The highest BCUT2D eigenvalue weighted by atomic mass is 16.2. The number of hydrogen-bond acceptors (Lipinski definition) is 4. The van der Waals surface area contributed by atoms with Crippen molar-refractivity contribution in [2.24, 2.45) is 0 Å². The van der Waals surface area contributed by atoms with Gasteiger partial charge in [-0.1, -0.05) is 11.8 Å². The van der Waals surface area contributed by atoms with E-state index in [-0.39, 0.29) is 12.5 Å². The maximum atomic E-state index is 11.9. The highest BCUT2D eigenvalue weighted by molar-refractivity contribution is 5.92. The van der Waals surface area contributed by atoms with Crippen LogP contribution in [0, 0.1) is 11.8 Å². The zero-order valence-electron chi connectivity index (χ0n) is 11.5. The van der Waals surface area contributed by atoms with Crippen LogP contribution < -0.4 is 5.32 Å². The number of aliphatic hydroxyl groups excluding tert-OH is 1. The Bertz CT molecular complexity index is 624. The molecule has 0 aliphatic carbocycles. The number of aliphatic hydroxyl groups is 1. The minimum atomic E-state index is -0.226. The highest BCUT2D eigenvalue weighted by Gasteiger charge is 2.06. The Morgan fingerprint density at radius 1 is 1.38 bits per heavy atom. The number of pyridine rings is 1. The second kappa shape index (κ2) is 7.82. The second-order valence-corrected chi connectivity index (χ2v) is 4.25. The zero-order valence-corrected chi connectivity index (χ0v) is 11.5. The van der Waals surface area contributed by atoms with E-state index in [1.165, 1.54) is 0 Å². The van der Waals surface area contributed by atoms with Gasteiger partial charge in [0, 0.05) is 43.5 Å². The van der Waals surface area contributed by atoms with Gasteiger partial charge in [0.2, 0.25) is 0 Å². The third-order valence-electron chi connectivity index (χ3n) is 2.67. The normalized spacial score (nSPS) is 9.76. The van der Waals surface area contributed by atoms with E-state index in [4.69, 9.17) is 5.11 Å². The van der Waals surface area contributed by atoms with Crippen molar-refractivity contribution in [3.8, 4) is 11.8 Å². The Labute approximate surface area is 122 Å². The van der Waals surface area contributed by atoms with Gasteiger partial charge in [-0.05, 0) is 12.1 Å². The minimum Gasteiger partial charge on any atom is -0.395 e. The number of aromatic amines is 1. The molecule has 0 aliphatic rings. The molecule has 2 aromatic rings. The van der Waals surface area contributed by atoms with Crippen LogP contribution >= 0.6 is 0 Å². The van der Waals surface area contributed by atoms with Crippen LogP contribution in [0.15, 0.2) is 30.7 Å². The van der Waals surface area contributed by atoms with Gasteiger partial charge in [0.1, 0.15) is 11.5 Å². The molecule has 2 rings (SSSR count). The summed E-state index contributed by atoms with van der Waals surface area (Å²) in [6.07, 6.45) is 6.04. The van der Waals surface area contributed by atoms with Crippen LogP contribution in [0.5, 0.6) is 0 Å². The second-order valence-electron chi connectivity index (χ2n) is 4.25. The maximum Gasteiger partial charge on any atom is 0.269 e. The smallest absolute Gasteiger partial charge is 0.269 e. The van der Waals surface area contributed by atoms with Gasteiger partial charge in [-0.3, -0.25) is 4.79 Å². The predicted octanol–water partition coefficient (Wildman–Crippen LogP) is 0.511. The van der Waals surface area contributed by atoms with Crippen molar-refractivity contribution in [2.75, 3.05) is 13.2 Å². The fraction of sp³-hybridized carbons (Fsp3) is 0.267. The van der Waals surface area contributed by atoms with E-state index in [1.54, 1.807) is 30.7 Å². The molecule has 0 bridgehead atoms. The van der Waals surface area contributed by atoms with Crippen molar-refractivity contribution in [3.05, 3.63) is 47.8 Å². The molecule has 0 atom stereocenters. The third kappa shape index (κ3) is 4.75. The first kappa shape index (κ1) is 14.8. The summed E-state index contributed by atoms with van der Waals surface area (Å²) in [7, 11) is 0. The Balaban J connectivity index is 1.83. The van der Waals surface area contributed by atoms with Gasteiger partial charge < -0.3 is 15.4 Å². The molecule has 6 heteroatoms. The Kier molecular flexibility index (Phi) is 5.50. The minimum absolute atomic E-state index is 0.0383. The molecule has 2 heterocycles. The lowest BCUT2D eigenvalue weighted by molar-refractivity contribution is 0.0949. The zero-order chi connectivity index (χ0) is 14.9. The first-order valence-electron chi connectivity index (χ1n) is 6.62. The molecule has 0 unspecified atom stereocenters. The van der Waals surface area contributed by atoms with Gasteiger partial charge in [-0.2, -0.15) is 0 Å². The molecular weight excluding hydrogens is 268 g/mol. The molecule has 0 radical (unpaired) electrons. The molecule has 6 nitrogen and oxygen atoms in total. The van der Waals surface area contributed by atoms with Gasteiger partial charge in [0.25, 0.3) is 5.91 Å². The Hall–Kier alpha value is -2.65. The number of H-pyrrole nitrogens is 1. The number of hydrogen-bond donors (Lipinski definition) is 3. The number of imidazole rings is 1. The largest absolute Gasteiger partial charge is 0.395 e. The van der Waals surface area contributed by atoms with Crippen LogP contribution in [0.25, 0.3) is 0 Å². The van der Waals surface area contributed by atoms with Crippen LogP contribution in [-0.2, 0) is 6.42 Å². The van der Waals surface area contributed by atoms with Crippen molar-refractivity contribution in [1.82, 2.24) is 20.3 Å². The number of amides is 1.